The van der Waals surface area contributed by atoms with E-state index in [1.807, 2.05) is 37.1 Å². The van der Waals surface area contributed by atoms with Crippen LogP contribution in [-0.2, 0) is 9.53 Å². The number of aliphatic hydroxyl groups excluding tert-OH is 2. The number of carbonyl (C=O) groups is 1. The van der Waals surface area contributed by atoms with Crippen molar-refractivity contribution in [3.8, 4) is 17.0 Å². The number of nitrogens with one attached hydrogen (secondary N) is 1. The highest BCUT2D eigenvalue weighted by Crippen LogP contribution is 2.25. The molecule has 1 aliphatic heterocycles. The quantitative estimate of drug-likeness (QED) is 0.485. The van der Waals surface area contributed by atoms with Crippen molar-refractivity contribution in [3.05, 3.63) is 48.2 Å². The van der Waals surface area contributed by atoms with Crippen molar-refractivity contribution >= 4 is 5.91 Å². The second-order valence-corrected chi connectivity index (χ2v) is 8.74. The highest BCUT2D eigenvalue weighted by molar-refractivity contribution is 5.76. The molecule has 1 fully saturated rings. The zero-order valence-electron chi connectivity index (χ0n) is 19.9. The number of hydrogen-bond acceptors (Lipinski definition) is 7. The third kappa shape index (κ3) is 6.96. The van der Waals surface area contributed by atoms with E-state index in [9.17, 15) is 19.4 Å². The maximum atomic E-state index is 13.7. The number of benzene rings is 1. The molecule has 1 amide bonds. The van der Waals surface area contributed by atoms with Crippen LogP contribution in [0.5, 0.6) is 5.88 Å². The van der Waals surface area contributed by atoms with Gasteiger partial charge in [-0.25, -0.2) is 9.37 Å². The molecule has 9 heteroatoms. The van der Waals surface area contributed by atoms with Gasteiger partial charge in [-0.15, -0.1) is 0 Å². The Morgan fingerprint density at radius 1 is 1.26 bits per heavy atom. The molecule has 0 spiro atoms. The first-order chi connectivity index (χ1) is 16.3. The molecule has 0 radical (unpaired) electrons. The molecule has 1 aliphatic rings. The van der Waals surface area contributed by atoms with E-state index >= 15 is 0 Å². The Morgan fingerprint density at radius 3 is 2.56 bits per heavy atom. The molecule has 0 bridgehead atoms. The Balaban J connectivity index is 1.53. The van der Waals surface area contributed by atoms with Gasteiger partial charge in [0.2, 0.25) is 11.8 Å². The van der Waals surface area contributed by atoms with Gasteiger partial charge in [-0.3, -0.25) is 4.79 Å². The standard InChI is InChI=1S/C25H34FN3O5/c1-16-12-20(13-24(31)34-16)29(2)11-10-22(30)28-21(14-26)25(32)18-6-4-17(5-7-18)19-8-9-23(33-3)27-15-19/h4-9,15-16,20-21,24-25,31-32H,10-14H2,1-3H3,(H,28,30)/t16-,20+,21-,24-,25-/m1/s1. The van der Waals surface area contributed by atoms with Gasteiger partial charge >= 0.3 is 0 Å². The average molecular weight is 476 g/mol. The van der Waals surface area contributed by atoms with Crippen LogP contribution >= 0.6 is 0 Å². The molecule has 8 nitrogen and oxygen atoms in total. The number of alkyl halides is 1. The molecule has 2 heterocycles. The summed E-state index contributed by atoms with van der Waals surface area (Å²) in [4.78, 5) is 18.6. The topological polar surface area (TPSA) is 104 Å². The number of carbonyl (C=O) groups excluding carboxylic acids is 1. The van der Waals surface area contributed by atoms with Crippen LogP contribution in [0.25, 0.3) is 11.1 Å². The van der Waals surface area contributed by atoms with E-state index in [2.05, 4.69) is 10.3 Å². The van der Waals surface area contributed by atoms with Crippen molar-refractivity contribution in [3.63, 3.8) is 0 Å². The lowest BCUT2D eigenvalue weighted by molar-refractivity contribution is -0.173. The molecule has 0 saturated carbocycles. The molecular formula is C25H34FN3O5. The SMILES string of the molecule is COc1ccc(-c2ccc([C@@H](O)[C@@H](CF)NC(=O)CCN(C)[C@H]3C[C@@H](C)O[C@@H](O)C3)cc2)cn1. The van der Waals surface area contributed by atoms with Crippen molar-refractivity contribution in [1.82, 2.24) is 15.2 Å². The average Bonchev–Trinajstić information content (AvgIpc) is 2.85. The normalized spacial score (nSPS) is 22.3. The number of hydrogen-bond donors (Lipinski definition) is 3. The lowest BCUT2D eigenvalue weighted by atomic mass is 9.99. The van der Waals surface area contributed by atoms with Gasteiger partial charge in [0.15, 0.2) is 6.29 Å². The van der Waals surface area contributed by atoms with Gasteiger partial charge in [0.25, 0.3) is 0 Å². The Kier molecular flexibility index (Phi) is 9.35. The van der Waals surface area contributed by atoms with E-state index in [1.165, 1.54) is 0 Å². The zero-order valence-corrected chi connectivity index (χ0v) is 19.9. The smallest absolute Gasteiger partial charge is 0.221 e. The molecule has 0 aliphatic carbocycles. The lowest BCUT2D eigenvalue weighted by Gasteiger charge is -2.36. The monoisotopic (exact) mass is 475 g/mol. The first kappa shape index (κ1) is 26.0. The predicted octanol–water partition coefficient (Wildman–Crippen LogP) is 2.45. The number of nitrogens with zero attached hydrogens (tertiary/aromatic N) is 2. The third-order valence-corrected chi connectivity index (χ3v) is 6.21. The highest BCUT2D eigenvalue weighted by Gasteiger charge is 2.29. The molecule has 1 aromatic heterocycles. The van der Waals surface area contributed by atoms with E-state index in [0.29, 0.717) is 24.4 Å². The van der Waals surface area contributed by atoms with Crippen molar-refractivity contribution < 1.29 is 28.9 Å². The summed E-state index contributed by atoms with van der Waals surface area (Å²) in [5.41, 5.74) is 2.28. The van der Waals surface area contributed by atoms with Gasteiger partial charge in [-0.2, -0.15) is 0 Å². The summed E-state index contributed by atoms with van der Waals surface area (Å²) in [6.07, 6.45) is 1.06. The summed E-state index contributed by atoms with van der Waals surface area (Å²) in [6.45, 7) is 1.47. The Hall–Kier alpha value is -2.59. The predicted molar refractivity (Wildman–Crippen MR) is 126 cm³/mol. The van der Waals surface area contributed by atoms with Crippen LogP contribution in [0.2, 0.25) is 0 Å². The van der Waals surface area contributed by atoms with Gasteiger partial charge in [0.1, 0.15) is 12.8 Å². The van der Waals surface area contributed by atoms with Gasteiger partial charge in [-0.1, -0.05) is 24.3 Å². The van der Waals surface area contributed by atoms with Gasteiger partial charge < -0.3 is 29.9 Å². The van der Waals surface area contributed by atoms with Gasteiger partial charge in [0.05, 0.1) is 19.3 Å². The first-order valence-corrected chi connectivity index (χ1v) is 11.5. The molecular weight excluding hydrogens is 441 g/mol. The summed E-state index contributed by atoms with van der Waals surface area (Å²) in [6, 6.07) is 9.75. The summed E-state index contributed by atoms with van der Waals surface area (Å²) in [7, 11) is 3.44. The van der Waals surface area contributed by atoms with Crippen molar-refractivity contribution in [2.24, 2.45) is 0 Å². The minimum Gasteiger partial charge on any atom is -0.481 e. The van der Waals surface area contributed by atoms with Crippen molar-refractivity contribution in [1.29, 1.82) is 0 Å². The van der Waals surface area contributed by atoms with E-state index in [-0.39, 0.29) is 24.5 Å². The minimum atomic E-state index is -1.18. The Morgan fingerprint density at radius 2 is 1.97 bits per heavy atom. The summed E-state index contributed by atoms with van der Waals surface area (Å²) in [5, 5.41) is 23.1. The summed E-state index contributed by atoms with van der Waals surface area (Å²) < 4.78 is 24.1. The molecule has 1 aromatic carbocycles. The Bertz CT molecular complexity index is 902. The Labute approximate surface area is 199 Å². The van der Waals surface area contributed by atoms with Crippen molar-refractivity contribution in [2.75, 3.05) is 27.4 Å². The van der Waals surface area contributed by atoms with E-state index in [0.717, 1.165) is 17.5 Å². The molecule has 186 valence electrons. The van der Waals surface area contributed by atoms with Crippen LogP contribution in [0.4, 0.5) is 4.39 Å². The molecule has 3 rings (SSSR count). The fourth-order valence-corrected chi connectivity index (χ4v) is 4.17. The second kappa shape index (κ2) is 12.2. The molecule has 0 unspecified atom stereocenters. The zero-order chi connectivity index (χ0) is 24.7. The fourth-order valence-electron chi connectivity index (χ4n) is 4.17. The number of halogens is 1. The molecule has 2 aromatic rings. The fraction of sp³-hybridized carbons (Fsp3) is 0.520. The van der Waals surface area contributed by atoms with Crippen LogP contribution in [0.3, 0.4) is 0 Å². The largest absolute Gasteiger partial charge is 0.481 e. The molecule has 5 atom stereocenters. The lowest BCUT2D eigenvalue weighted by Crippen LogP contribution is -2.45. The van der Waals surface area contributed by atoms with Crippen LogP contribution in [0, 0.1) is 0 Å². The van der Waals surface area contributed by atoms with Crippen LogP contribution in [0.1, 0.15) is 37.9 Å². The van der Waals surface area contributed by atoms with Gasteiger partial charge in [-0.05, 0) is 37.6 Å². The second-order valence-electron chi connectivity index (χ2n) is 8.74. The first-order valence-electron chi connectivity index (χ1n) is 11.5. The number of pyridine rings is 1. The van der Waals surface area contributed by atoms with Crippen LogP contribution in [-0.4, -0.2) is 77.9 Å². The molecule has 34 heavy (non-hydrogen) atoms. The maximum Gasteiger partial charge on any atom is 0.221 e. The van der Waals surface area contributed by atoms with E-state index < -0.39 is 25.1 Å². The summed E-state index contributed by atoms with van der Waals surface area (Å²) in [5.74, 6) is 0.179. The third-order valence-electron chi connectivity index (χ3n) is 6.21. The summed E-state index contributed by atoms with van der Waals surface area (Å²) >= 11 is 0. The van der Waals surface area contributed by atoms with Crippen molar-refractivity contribution in [2.45, 2.75) is 56.8 Å². The van der Waals surface area contributed by atoms with E-state index in [4.69, 9.17) is 9.47 Å². The number of ether oxygens (including phenoxy) is 2. The molecule has 1 saturated heterocycles. The highest BCUT2D eigenvalue weighted by atomic mass is 19.1. The van der Waals surface area contributed by atoms with E-state index in [1.54, 1.807) is 31.5 Å². The number of methoxy groups -OCH3 is 1. The number of rotatable bonds is 10. The van der Waals surface area contributed by atoms with Crippen LogP contribution in [0.15, 0.2) is 42.6 Å². The molecule has 3 N–H and O–H groups in total. The maximum absolute atomic E-state index is 13.7. The van der Waals surface area contributed by atoms with Gasteiger partial charge in [0, 0.05) is 43.3 Å². The number of amides is 1. The number of aromatic nitrogens is 1. The number of aliphatic hydroxyl groups is 2. The van der Waals surface area contributed by atoms with Crippen LogP contribution < -0.4 is 10.1 Å². The minimum absolute atomic E-state index is 0.0523.